The van der Waals surface area contributed by atoms with E-state index in [1.165, 1.54) is 0 Å². The van der Waals surface area contributed by atoms with Crippen LogP contribution in [0.25, 0.3) is 0 Å². The molecule has 4 nitrogen and oxygen atoms in total. The van der Waals surface area contributed by atoms with Crippen molar-refractivity contribution in [2.24, 2.45) is 23.7 Å². The van der Waals surface area contributed by atoms with E-state index < -0.39 is 23.7 Å². The molecular weight excluding hydrogens is 280 g/mol. The third kappa shape index (κ3) is 1.09. The maximum Gasteiger partial charge on any atom is 0.197 e. The standard InChI is InChI=1S/C18H10O4/c19-15-9-5-6-10(15)12-11(9)13-14(18(12)22)17(21)8-4-2-1-3-7(8)16(13)20/h1-6,9-12H/t9-,10+,11+,12-/m0/s1. The zero-order chi connectivity index (χ0) is 15.2. The van der Waals surface area contributed by atoms with Gasteiger partial charge in [0.05, 0.1) is 5.57 Å². The van der Waals surface area contributed by atoms with Crippen molar-refractivity contribution in [3.05, 3.63) is 58.7 Å². The summed E-state index contributed by atoms with van der Waals surface area (Å²) >= 11 is 0. The number of benzene rings is 1. The highest BCUT2D eigenvalue weighted by Crippen LogP contribution is 2.56. The molecule has 4 aliphatic rings. The molecule has 0 N–H and O–H groups in total. The lowest BCUT2D eigenvalue weighted by Crippen LogP contribution is -2.26. The Kier molecular flexibility index (Phi) is 1.95. The number of hydrogen-bond donors (Lipinski definition) is 0. The second kappa shape index (κ2) is 3.58. The number of allylic oxidation sites excluding steroid dienone is 4. The highest BCUT2D eigenvalue weighted by atomic mass is 16.2. The van der Waals surface area contributed by atoms with Crippen LogP contribution in [0, 0.1) is 23.7 Å². The molecule has 1 saturated carbocycles. The summed E-state index contributed by atoms with van der Waals surface area (Å²) in [6.07, 6.45) is 3.54. The molecule has 4 aliphatic carbocycles. The van der Waals surface area contributed by atoms with E-state index >= 15 is 0 Å². The summed E-state index contributed by atoms with van der Waals surface area (Å²) in [4.78, 5) is 50.4. The summed E-state index contributed by atoms with van der Waals surface area (Å²) in [5.74, 6) is -2.81. The molecular formula is C18H10O4. The SMILES string of the molecule is O=C1C2=C(C(=O)c3ccccc31)[C@H]1[C@@H](C2=O)[C@H]2C=C[C@@H]1C2=O. The smallest absolute Gasteiger partial charge is 0.197 e. The lowest BCUT2D eigenvalue weighted by atomic mass is 9.78. The molecule has 4 atom stereocenters. The van der Waals surface area contributed by atoms with Gasteiger partial charge in [-0.25, -0.2) is 0 Å². The third-order valence-corrected chi connectivity index (χ3v) is 5.38. The quantitative estimate of drug-likeness (QED) is 0.537. The molecule has 0 amide bonds. The minimum absolute atomic E-state index is 0.00834. The molecule has 0 aromatic heterocycles. The van der Waals surface area contributed by atoms with Crippen molar-refractivity contribution < 1.29 is 19.2 Å². The van der Waals surface area contributed by atoms with Crippen molar-refractivity contribution >= 4 is 23.1 Å². The van der Waals surface area contributed by atoms with Gasteiger partial charge in [-0.1, -0.05) is 36.4 Å². The summed E-state index contributed by atoms with van der Waals surface area (Å²) in [7, 11) is 0. The first-order chi connectivity index (χ1) is 10.6. The summed E-state index contributed by atoms with van der Waals surface area (Å²) < 4.78 is 0. The van der Waals surface area contributed by atoms with Crippen LogP contribution in [-0.2, 0) is 9.59 Å². The van der Waals surface area contributed by atoms with Crippen molar-refractivity contribution in [2.45, 2.75) is 0 Å². The van der Waals surface area contributed by atoms with Gasteiger partial charge in [-0.3, -0.25) is 19.2 Å². The number of rotatable bonds is 0. The molecule has 0 unspecified atom stereocenters. The Morgan fingerprint density at radius 3 is 2.00 bits per heavy atom. The largest absolute Gasteiger partial charge is 0.298 e. The van der Waals surface area contributed by atoms with Crippen LogP contribution >= 0.6 is 0 Å². The molecule has 1 fully saturated rings. The number of ketones is 4. The maximum absolute atomic E-state index is 12.8. The van der Waals surface area contributed by atoms with Gasteiger partial charge in [-0.15, -0.1) is 0 Å². The molecule has 1 aromatic rings. The van der Waals surface area contributed by atoms with Crippen molar-refractivity contribution in [3.8, 4) is 0 Å². The first kappa shape index (κ1) is 12.0. The number of carbonyl (C=O) groups is 4. The highest BCUT2D eigenvalue weighted by molar-refractivity contribution is 6.39. The second-order valence-corrected chi connectivity index (χ2v) is 6.25. The van der Waals surface area contributed by atoms with Gasteiger partial charge >= 0.3 is 0 Å². The summed E-state index contributed by atoms with van der Waals surface area (Å²) in [6.45, 7) is 0. The van der Waals surface area contributed by atoms with Gasteiger partial charge in [0.2, 0.25) is 0 Å². The van der Waals surface area contributed by atoms with Crippen molar-refractivity contribution in [3.63, 3.8) is 0 Å². The van der Waals surface area contributed by atoms with Crippen LogP contribution < -0.4 is 0 Å². The predicted molar refractivity (Wildman–Crippen MR) is 75.2 cm³/mol. The molecule has 0 spiro atoms. The Morgan fingerprint density at radius 1 is 0.727 bits per heavy atom. The van der Waals surface area contributed by atoms with Crippen LogP contribution in [0.4, 0.5) is 0 Å². The average molecular weight is 290 g/mol. The van der Waals surface area contributed by atoms with E-state index in [0.717, 1.165) is 0 Å². The number of hydrogen-bond acceptors (Lipinski definition) is 4. The summed E-state index contributed by atoms with van der Waals surface area (Å²) in [6, 6.07) is 6.58. The maximum atomic E-state index is 12.8. The van der Waals surface area contributed by atoms with E-state index in [1.807, 2.05) is 0 Å². The zero-order valence-electron chi connectivity index (χ0n) is 11.4. The van der Waals surface area contributed by atoms with Crippen LogP contribution in [0.2, 0.25) is 0 Å². The topological polar surface area (TPSA) is 68.3 Å². The van der Waals surface area contributed by atoms with Crippen molar-refractivity contribution in [1.82, 2.24) is 0 Å². The average Bonchev–Trinajstić information content (AvgIpc) is 3.13. The van der Waals surface area contributed by atoms with Gasteiger partial charge in [0.1, 0.15) is 5.78 Å². The molecule has 106 valence electrons. The summed E-state index contributed by atoms with van der Waals surface area (Å²) in [5.41, 5.74) is 0.957. The second-order valence-electron chi connectivity index (χ2n) is 6.25. The van der Waals surface area contributed by atoms with Gasteiger partial charge < -0.3 is 0 Å². The van der Waals surface area contributed by atoms with Crippen LogP contribution in [-0.4, -0.2) is 23.1 Å². The van der Waals surface area contributed by atoms with Crippen LogP contribution in [0.1, 0.15) is 20.7 Å². The molecule has 4 heteroatoms. The van der Waals surface area contributed by atoms with Crippen LogP contribution in [0.3, 0.4) is 0 Å². The molecule has 0 radical (unpaired) electrons. The number of fused-ring (bicyclic) bond motifs is 7. The molecule has 0 aliphatic heterocycles. The molecule has 0 heterocycles. The Labute approximate surface area is 125 Å². The first-order valence-corrected chi connectivity index (χ1v) is 7.30. The third-order valence-electron chi connectivity index (χ3n) is 5.38. The van der Waals surface area contributed by atoms with Crippen LogP contribution in [0.5, 0.6) is 0 Å². The molecule has 5 rings (SSSR count). The predicted octanol–water partition coefficient (Wildman–Crippen LogP) is 1.56. The molecule has 0 saturated heterocycles. The Morgan fingerprint density at radius 2 is 1.32 bits per heavy atom. The van der Waals surface area contributed by atoms with Gasteiger partial charge in [0.15, 0.2) is 17.3 Å². The Hall–Kier alpha value is -2.62. The van der Waals surface area contributed by atoms with E-state index in [1.54, 1.807) is 36.4 Å². The fourth-order valence-electron chi connectivity index (χ4n) is 4.50. The zero-order valence-corrected chi connectivity index (χ0v) is 11.4. The Balaban J connectivity index is 1.77. The van der Waals surface area contributed by atoms with Crippen LogP contribution in [0.15, 0.2) is 47.6 Å². The van der Waals surface area contributed by atoms with Gasteiger partial charge in [-0.05, 0) is 0 Å². The molecule has 1 aromatic carbocycles. The van der Waals surface area contributed by atoms with E-state index in [-0.39, 0.29) is 34.3 Å². The highest BCUT2D eigenvalue weighted by Gasteiger charge is 2.62. The lowest BCUT2D eigenvalue weighted by Gasteiger charge is -2.21. The van der Waals surface area contributed by atoms with Gasteiger partial charge in [0.25, 0.3) is 0 Å². The molecule has 22 heavy (non-hydrogen) atoms. The monoisotopic (exact) mass is 290 g/mol. The number of carbonyl (C=O) groups excluding carboxylic acids is 4. The van der Waals surface area contributed by atoms with Crippen molar-refractivity contribution in [2.75, 3.05) is 0 Å². The van der Waals surface area contributed by atoms with Gasteiger partial charge in [-0.2, -0.15) is 0 Å². The first-order valence-electron chi connectivity index (χ1n) is 7.30. The normalized spacial score (nSPS) is 34.4. The Bertz CT molecular complexity index is 886. The van der Waals surface area contributed by atoms with E-state index in [0.29, 0.717) is 11.1 Å². The minimum Gasteiger partial charge on any atom is -0.298 e. The summed E-state index contributed by atoms with van der Waals surface area (Å²) in [5, 5.41) is 0. The molecule has 2 bridgehead atoms. The van der Waals surface area contributed by atoms with Crippen molar-refractivity contribution in [1.29, 1.82) is 0 Å². The van der Waals surface area contributed by atoms with Gasteiger partial charge in [0, 0.05) is 40.4 Å². The minimum atomic E-state index is -0.547. The number of Topliss-reactive ketones (excluding diaryl/α,β-unsaturated/α-hetero) is 4. The van der Waals surface area contributed by atoms with E-state index in [4.69, 9.17) is 0 Å². The van der Waals surface area contributed by atoms with E-state index in [9.17, 15) is 19.2 Å². The lowest BCUT2D eigenvalue weighted by molar-refractivity contribution is -0.124. The van der Waals surface area contributed by atoms with E-state index in [2.05, 4.69) is 0 Å². The fraction of sp³-hybridized carbons (Fsp3) is 0.222. The fourth-order valence-corrected chi connectivity index (χ4v) is 4.50.